The molecule has 1 aliphatic heterocycles. The summed E-state index contributed by atoms with van der Waals surface area (Å²) in [7, 11) is 2.24. The summed E-state index contributed by atoms with van der Waals surface area (Å²) in [6.45, 7) is 5.81. The van der Waals surface area contributed by atoms with Gasteiger partial charge in [-0.2, -0.15) is 0 Å². The number of nitrogens with zero attached hydrogens (tertiary/aromatic N) is 2. The van der Waals surface area contributed by atoms with Gasteiger partial charge in [-0.3, -0.25) is 0 Å². The van der Waals surface area contributed by atoms with Crippen LogP contribution in [-0.4, -0.2) is 29.6 Å². The van der Waals surface area contributed by atoms with Crippen molar-refractivity contribution < 1.29 is 0 Å². The SMILES string of the molecule is CCCCCCCCCCCCCCCCCCC1N(C)C=CN1CCCC. The highest BCUT2D eigenvalue weighted by molar-refractivity contribution is 4.95. The summed E-state index contributed by atoms with van der Waals surface area (Å²) in [5.74, 6) is 0. The first-order valence-electron chi connectivity index (χ1n) is 13.0. The molecule has 1 rings (SSSR count). The van der Waals surface area contributed by atoms with Crippen molar-refractivity contribution in [2.24, 2.45) is 0 Å². The molecule has 1 heterocycles. The molecule has 0 spiro atoms. The van der Waals surface area contributed by atoms with Crippen LogP contribution in [-0.2, 0) is 0 Å². The predicted molar refractivity (Wildman–Crippen MR) is 126 cm³/mol. The topological polar surface area (TPSA) is 6.48 Å². The molecule has 28 heavy (non-hydrogen) atoms. The monoisotopic (exact) mass is 392 g/mol. The second-order valence-corrected chi connectivity index (χ2v) is 9.13. The quantitative estimate of drug-likeness (QED) is 0.192. The molecule has 0 fully saturated rings. The van der Waals surface area contributed by atoms with Gasteiger partial charge in [0.15, 0.2) is 0 Å². The maximum atomic E-state index is 2.55. The van der Waals surface area contributed by atoms with Crippen LogP contribution in [0.3, 0.4) is 0 Å². The Morgan fingerprint density at radius 2 is 0.964 bits per heavy atom. The Labute approximate surface area is 178 Å². The van der Waals surface area contributed by atoms with E-state index in [-0.39, 0.29) is 0 Å². The summed E-state index contributed by atoms with van der Waals surface area (Å²) in [6, 6.07) is 0. The minimum atomic E-state index is 0.623. The van der Waals surface area contributed by atoms with Crippen molar-refractivity contribution in [3.63, 3.8) is 0 Å². The minimum Gasteiger partial charge on any atom is -0.359 e. The zero-order valence-corrected chi connectivity index (χ0v) is 19.8. The largest absolute Gasteiger partial charge is 0.359 e. The lowest BCUT2D eigenvalue weighted by Gasteiger charge is -2.30. The molecule has 2 nitrogen and oxygen atoms in total. The molecule has 166 valence electrons. The molecule has 0 amide bonds. The molecule has 0 aliphatic carbocycles. The molecule has 0 aromatic heterocycles. The van der Waals surface area contributed by atoms with Crippen molar-refractivity contribution in [3.05, 3.63) is 12.4 Å². The van der Waals surface area contributed by atoms with Crippen LogP contribution in [0.4, 0.5) is 0 Å². The zero-order valence-electron chi connectivity index (χ0n) is 19.8. The Morgan fingerprint density at radius 3 is 1.43 bits per heavy atom. The summed E-state index contributed by atoms with van der Waals surface area (Å²) in [5.41, 5.74) is 0. The van der Waals surface area contributed by atoms with Crippen LogP contribution >= 0.6 is 0 Å². The van der Waals surface area contributed by atoms with Crippen LogP contribution in [0.25, 0.3) is 0 Å². The van der Waals surface area contributed by atoms with E-state index in [1.165, 1.54) is 129 Å². The summed E-state index contributed by atoms with van der Waals surface area (Å²) in [5, 5.41) is 0. The molecule has 0 bridgehead atoms. The van der Waals surface area contributed by atoms with Crippen molar-refractivity contribution in [1.29, 1.82) is 0 Å². The molecule has 0 aromatic carbocycles. The molecule has 1 aliphatic rings. The van der Waals surface area contributed by atoms with Crippen molar-refractivity contribution in [1.82, 2.24) is 9.80 Å². The van der Waals surface area contributed by atoms with Gasteiger partial charge in [-0.25, -0.2) is 0 Å². The maximum absolute atomic E-state index is 2.55. The first-order valence-corrected chi connectivity index (χ1v) is 13.0. The Hall–Kier alpha value is -0.660. The van der Waals surface area contributed by atoms with Gasteiger partial charge in [0.25, 0.3) is 0 Å². The highest BCUT2D eigenvalue weighted by atomic mass is 15.4. The highest BCUT2D eigenvalue weighted by Gasteiger charge is 2.21. The molecule has 2 heteroatoms. The fraction of sp³-hybridized carbons (Fsp3) is 0.923. The van der Waals surface area contributed by atoms with Gasteiger partial charge in [0.05, 0.1) is 0 Å². The van der Waals surface area contributed by atoms with Crippen LogP contribution < -0.4 is 0 Å². The average molecular weight is 393 g/mol. The molecule has 0 radical (unpaired) electrons. The summed E-state index contributed by atoms with van der Waals surface area (Å²) in [4.78, 5) is 4.95. The molecule has 1 unspecified atom stereocenters. The van der Waals surface area contributed by atoms with Crippen molar-refractivity contribution in [2.45, 2.75) is 142 Å². The van der Waals surface area contributed by atoms with Gasteiger partial charge in [0.1, 0.15) is 6.17 Å². The Kier molecular flexibility index (Phi) is 16.7. The summed E-state index contributed by atoms with van der Waals surface area (Å²) in [6.07, 6.45) is 32.3. The van der Waals surface area contributed by atoms with E-state index in [1.54, 1.807) is 0 Å². The third kappa shape index (κ3) is 12.7. The lowest BCUT2D eigenvalue weighted by Crippen LogP contribution is -2.36. The van der Waals surface area contributed by atoms with E-state index >= 15 is 0 Å². The van der Waals surface area contributed by atoms with E-state index in [2.05, 4.69) is 43.1 Å². The van der Waals surface area contributed by atoms with E-state index in [9.17, 15) is 0 Å². The first kappa shape index (κ1) is 25.4. The van der Waals surface area contributed by atoms with Crippen LogP contribution in [0.15, 0.2) is 12.4 Å². The van der Waals surface area contributed by atoms with E-state index in [0.717, 1.165) is 0 Å². The molecular weight excluding hydrogens is 340 g/mol. The molecule has 0 saturated carbocycles. The standard InChI is InChI=1S/C26H52N2/c1-4-6-8-9-10-11-12-13-14-15-16-17-18-19-20-21-22-26-27(3)24-25-28(26)23-7-5-2/h24-26H,4-23H2,1-3H3. The normalized spacial score (nSPS) is 16.5. The van der Waals surface area contributed by atoms with Crippen LogP contribution in [0.2, 0.25) is 0 Å². The predicted octanol–water partition coefficient (Wildman–Crippen LogP) is 8.48. The number of hydrogen-bond acceptors (Lipinski definition) is 2. The Balaban J connectivity index is 1.82. The molecule has 1 atom stereocenters. The van der Waals surface area contributed by atoms with Crippen LogP contribution in [0, 0.1) is 0 Å². The number of rotatable bonds is 20. The second-order valence-electron chi connectivity index (χ2n) is 9.13. The van der Waals surface area contributed by atoms with Crippen molar-refractivity contribution in [2.75, 3.05) is 13.6 Å². The van der Waals surface area contributed by atoms with E-state index in [4.69, 9.17) is 0 Å². The van der Waals surface area contributed by atoms with E-state index in [1.807, 2.05) is 0 Å². The first-order chi connectivity index (χ1) is 13.8. The Morgan fingerprint density at radius 1 is 0.536 bits per heavy atom. The number of hydrogen-bond donors (Lipinski definition) is 0. The van der Waals surface area contributed by atoms with Crippen molar-refractivity contribution in [3.8, 4) is 0 Å². The summed E-state index contributed by atoms with van der Waals surface area (Å²) >= 11 is 0. The average Bonchev–Trinajstić information content (AvgIpc) is 3.05. The van der Waals surface area contributed by atoms with Crippen molar-refractivity contribution >= 4 is 0 Å². The van der Waals surface area contributed by atoms with Gasteiger partial charge in [-0.1, -0.05) is 117 Å². The second kappa shape index (κ2) is 18.4. The minimum absolute atomic E-state index is 0.623. The highest BCUT2D eigenvalue weighted by Crippen LogP contribution is 2.21. The molecule has 0 saturated heterocycles. The third-order valence-electron chi connectivity index (χ3n) is 6.43. The number of unbranched alkanes of at least 4 members (excludes halogenated alkanes) is 16. The smallest absolute Gasteiger partial charge is 0.100 e. The van der Waals surface area contributed by atoms with E-state index in [0.29, 0.717) is 6.17 Å². The maximum Gasteiger partial charge on any atom is 0.100 e. The van der Waals surface area contributed by atoms with Crippen LogP contribution in [0.1, 0.15) is 136 Å². The lowest BCUT2D eigenvalue weighted by molar-refractivity contribution is 0.160. The fourth-order valence-electron chi connectivity index (χ4n) is 4.43. The molecular formula is C26H52N2. The zero-order chi connectivity index (χ0) is 20.3. The molecule has 0 N–H and O–H groups in total. The van der Waals surface area contributed by atoms with Gasteiger partial charge in [-0.05, 0) is 19.3 Å². The van der Waals surface area contributed by atoms with Gasteiger partial charge in [0.2, 0.25) is 0 Å². The molecule has 0 aromatic rings. The Bertz CT molecular complexity index is 352. The van der Waals surface area contributed by atoms with E-state index < -0.39 is 0 Å². The van der Waals surface area contributed by atoms with Gasteiger partial charge >= 0.3 is 0 Å². The van der Waals surface area contributed by atoms with Gasteiger partial charge in [-0.15, -0.1) is 0 Å². The lowest BCUT2D eigenvalue weighted by atomic mass is 10.0. The van der Waals surface area contributed by atoms with Gasteiger partial charge in [0, 0.05) is 26.0 Å². The summed E-state index contributed by atoms with van der Waals surface area (Å²) < 4.78 is 0. The third-order valence-corrected chi connectivity index (χ3v) is 6.43. The van der Waals surface area contributed by atoms with Gasteiger partial charge < -0.3 is 9.80 Å². The fourth-order valence-corrected chi connectivity index (χ4v) is 4.43. The van der Waals surface area contributed by atoms with Crippen LogP contribution in [0.5, 0.6) is 0 Å².